The fourth-order valence-corrected chi connectivity index (χ4v) is 5.90. The van der Waals surface area contributed by atoms with E-state index >= 15 is 0 Å². The van der Waals surface area contributed by atoms with E-state index in [1.165, 1.54) is 42.4 Å². The summed E-state index contributed by atoms with van der Waals surface area (Å²) in [4.78, 5) is 19.6. The van der Waals surface area contributed by atoms with Crippen molar-refractivity contribution in [3.8, 4) is 0 Å². The normalized spacial score (nSPS) is 25.3. The summed E-state index contributed by atoms with van der Waals surface area (Å²) in [5.74, 6) is 0.0652. The van der Waals surface area contributed by atoms with Gasteiger partial charge in [-0.25, -0.2) is 0 Å². The van der Waals surface area contributed by atoms with Crippen molar-refractivity contribution in [3.05, 3.63) is 71.3 Å². The number of rotatable bonds is 6. The Labute approximate surface area is 194 Å². The number of carbonyl (C=O) groups excluding carboxylic acids is 1. The van der Waals surface area contributed by atoms with Crippen LogP contribution in [0.1, 0.15) is 67.4 Å². The van der Waals surface area contributed by atoms with Gasteiger partial charge in [0.25, 0.3) is 5.91 Å². The molecule has 3 atom stereocenters. The molecule has 2 fully saturated rings. The Morgan fingerprint density at radius 3 is 2.62 bits per heavy atom. The molecule has 0 spiro atoms. The molecule has 2 heterocycles. The van der Waals surface area contributed by atoms with E-state index in [-0.39, 0.29) is 5.91 Å². The van der Waals surface area contributed by atoms with Gasteiger partial charge >= 0.3 is 0 Å². The lowest BCUT2D eigenvalue weighted by molar-refractivity contribution is 0.0534. The molecule has 1 amide bonds. The van der Waals surface area contributed by atoms with E-state index in [2.05, 4.69) is 53.7 Å². The largest absolute Gasteiger partial charge is 0.345 e. The lowest BCUT2D eigenvalue weighted by atomic mass is 9.84. The minimum atomic E-state index is 0.0652. The Morgan fingerprint density at radius 1 is 1.19 bits per heavy atom. The van der Waals surface area contributed by atoms with Gasteiger partial charge in [0.1, 0.15) is 0 Å². The standard InChI is InChI=1S/C28H39N3O/c1-5-17-30-18-16-25-10-7-11-26(20-30)31(25)27(24-9-6-8-21(2)19-24)22-12-14-23(15-13-22)28(32)29(3)4/h5,8,12-15,19,25-27H,1,6-7,9-11,16-18,20H2,2-4H3. The van der Waals surface area contributed by atoms with Crippen molar-refractivity contribution in [2.45, 2.75) is 63.6 Å². The number of fused-ring (bicyclic) bond motifs is 2. The summed E-state index contributed by atoms with van der Waals surface area (Å²) in [7, 11) is 3.63. The number of carbonyl (C=O) groups is 1. The van der Waals surface area contributed by atoms with Crippen LogP contribution in [0.25, 0.3) is 0 Å². The van der Waals surface area contributed by atoms with Crippen LogP contribution in [-0.4, -0.2) is 66.4 Å². The Morgan fingerprint density at radius 2 is 1.94 bits per heavy atom. The maximum atomic E-state index is 12.5. The topological polar surface area (TPSA) is 26.8 Å². The quantitative estimate of drug-likeness (QED) is 0.576. The zero-order valence-corrected chi connectivity index (χ0v) is 20.1. The van der Waals surface area contributed by atoms with Crippen LogP contribution >= 0.6 is 0 Å². The van der Waals surface area contributed by atoms with Crippen LogP contribution in [-0.2, 0) is 0 Å². The summed E-state index contributed by atoms with van der Waals surface area (Å²) in [5.41, 5.74) is 5.00. The van der Waals surface area contributed by atoms with Gasteiger partial charge in [0.05, 0.1) is 6.04 Å². The van der Waals surface area contributed by atoms with Gasteiger partial charge in [-0.3, -0.25) is 14.6 Å². The second-order valence-corrected chi connectivity index (χ2v) is 9.95. The molecular weight excluding hydrogens is 394 g/mol. The average Bonchev–Trinajstić information content (AvgIpc) is 2.87. The van der Waals surface area contributed by atoms with E-state index < -0.39 is 0 Å². The molecule has 1 aromatic rings. The monoisotopic (exact) mass is 433 g/mol. The first-order valence-electron chi connectivity index (χ1n) is 12.3. The number of amides is 1. The first kappa shape index (κ1) is 23.0. The van der Waals surface area contributed by atoms with E-state index in [1.54, 1.807) is 4.90 Å². The number of hydrogen-bond donors (Lipinski definition) is 0. The Hall–Kier alpha value is -2.17. The van der Waals surface area contributed by atoms with Crippen molar-refractivity contribution in [2.24, 2.45) is 0 Å². The SMILES string of the molecule is C=CCN1CCC2CCCC(C1)N2C(C1=CC(C)=CCC1)c1ccc(C(=O)N(C)C)cc1. The summed E-state index contributed by atoms with van der Waals surface area (Å²) < 4.78 is 0. The molecule has 3 unspecified atom stereocenters. The molecule has 4 rings (SSSR count). The van der Waals surface area contributed by atoms with E-state index in [0.29, 0.717) is 18.1 Å². The molecule has 0 saturated carbocycles. The van der Waals surface area contributed by atoms with Crippen LogP contribution in [0.5, 0.6) is 0 Å². The lowest BCUT2D eigenvalue weighted by Crippen LogP contribution is -2.50. The highest BCUT2D eigenvalue weighted by atomic mass is 16.2. The molecule has 32 heavy (non-hydrogen) atoms. The number of benzene rings is 1. The fourth-order valence-electron chi connectivity index (χ4n) is 5.90. The Balaban J connectivity index is 1.72. The van der Waals surface area contributed by atoms with E-state index in [9.17, 15) is 4.79 Å². The predicted molar refractivity (Wildman–Crippen MR) is 133 cm³/mol. The zero-order valence-electron chi connectivity index (χ0n) is 20.1. The van der Waals surface area contributed by atoms with Gasteiger partial charge in [0, 0.05) is 51.4 Å². The van der Waals surface area contributed by atoms with E-state index in [0.717, 1.165) is 38.0 Å². The molecule has 2 saturated heterocycles. The van der Waals surface area contributed by atoms with Gasteiger partial charge in [-0.05, 0) is 62.3 Å². The fraction of sp³-hybridized carbons (Fsp3) is 0.536. The second-order valence-electron chi connectivity index (χ2n) is 9.95. The highest BCUT2D eigenvalue weighted by molar-refractivity contribution is 5.93. The third-order valence-corrected chi connectivity index (χ3v) is 7.39. The van der Waals surface area contributed by atoms with Crippen LogP contribution in [0, 0.1) is 0 Å². The Bertz CT molecular complexity index is 882. The molecule has 172 valence electrons. The van der Waals surface area contributed by atoms with Gasteiger partial charge in [-0.1, -0.05) is 42.4 Å². The first-order chi connectivity index (χ1) is 15.5. The van der Waals surface area contributed by atoms with Crippen LogP contribution in [0.4, 0.5) is 0 Å². The van der Waals surface area contributed by atoms with Gasteiger partial charge in [-0.2, -0.15) is 0 Å². The minimum absolute atomic E-state index is 0.0652. The minimum Gasteiger partial charge on any atom is -0.345 e. The Kier molecular flexibility index (Phi) is 7.32. The van der Waals surface area contributed by atoms with Crippen molar-refractivity contribution in [1.82, 2.24) is 14.7 Å². The van der Waals surface area contributed by atoms with Gasteiger partial charge in [0.2, 0.25) is 0 Å². The van der Waals surface area contributed by atoms with Crippen molar-refractivity contribution in [3.63, 3.8) is 0 Å². The van der Waals surface area contributed by atoms with Crippen molar-refractivity contribution in [2.75, 3.05) is 33.7 Å². The molecule has 1 aromatic carbocycles. The lowest BCUT2D eigenvalue weighted by Gasteiger charge is -2.47. The predicted octanol–water partition coefficient (Wildman–Crippen LogP) is 5.21. The summed E-state index contributed by atoms with van der Waals surface area (Å²) in [6, 6.07) is 9.93. The molecule has 4 heteroatoms. The third-order valence-electron chi connectivity index (χ3n) is 7.39. The highest BCUT2D eigenvalue weighted by Gasteiger charge is 2.40. The van der Waals surface area contributed by atoms with Gasteiger partial charge in [0.15, 0.2) is 0 Å². The van der Waals surface area contributed by atoms with Crippen LogP contribution in [0.15, 0.2) is 60.2 Å². The van der Waals surface area contributed by atoms with E-state index in [4.69, 9.17) is 0 Å². The first-order valence-corrected chi connectivity index (χ1v) is 12.3. The van der Waals surface area contributed by atoms with Crippen LogP contribution in [0.2, 0.25) is 0 Å². The van der Waals surface area contributed by atoms with Crippen LogP contribution in [0.3, 0.4) is 0 Å². The van der Waals surface area contributed by atoms with Crippen molar-refractivity contribution >= 4 is 5.91 Å². The second kappa shape index (κ2) is 10.2. The average molecular weight is 434 g/mol. The maximum Gasteiger partial charge on any atom is 0.253 e. The molecule has 3 aliphatic rings. The van der Waals surface area contributed by atoms with Gasteiger partial charge < -0.3 is 4.90 Å². The summed E-state index contributed by atoms with van der Waals surface area (Å²) >= 11 is 0. The summed E-state index contributed by atoms with van der Waals surface area (Å²) in [6.45, 7) is 9.47. The molecule has 0 N–H and O–H groups in total. The highest BCUT2D eigenvalue weighted by Crippen LogP contribution is 2.42. The number of nitrogens with zero attached hydrogens (tertiary/aromatic N) is 3. The molecule has 2 bridgehead atoms. The smallest absolute Gasteiger partial charge is 0.253 e. The summed E-state index contributed by atoms with van der Waals surface area (Å²) in [5, 5.41) is 0. The zero-order chi connectivity index (χ0) is 22.7. The molecule has 0 aromatic heterocycles. The molecule has 1 aliphatic carbocycles. The molecule has 4 nitrogen and oxygen atoms in total. The molecule has 0 radical (unpaired) electrons. The van der Waals surface area contributed by atoms with Crippen molar-refractivity contribution < 1.29 is 4.79 Å². The number of hydrogen-bond acceptors (Lipinski definition) is 3. The third kappa shape index (κ3) is 4.92. The van der Waals surface area contributed by atoms with Gasteiger partial charge in [-0.15, -0.1) is 6.58 Å². The number of piperidine rings is 1. The van der Waals surface area contributed by atoms with Crippen molar-refractivity contribution in [1.29, 1.82) is 0 Å². The summed E-state index contributed by atoms with van der Waals surface area (Å²) in [6.07, 6.45) is 14.2. The molecule has 2 aliphatic heterocycles. The van der Waals surface area contributed by atoms with Crippen LogP contribution < -0.4 is 0 Å². The van der Waals surface area contributed by atoms with E-state index in [1.807, 2.05) is 26.2 Å². The molecular formula is C28H39N3O. The number of allylic oxidation sites excluding steroid dienone is 3. The maximum absolute atomic E-state index is 12.5.